The first kappa shape index (κ1) is 12.8. The largest absolute Gasteiger partial charge is 0.399 e. The molecule has 8 heteroatoms. The number of nitrogens with two attached hydrogens (primary N) is 2. The molecule has 1 aromatic rings. The van der Waals surface area contributed by atoms with Crippen molar-refractivity contribution in [3.05, 3.63) is 18.2 Å². The number of rotatable bonds is 2. The van der Waals surface area contributed by atoms with Gasteiger partial charge in [-0.15, -0.1) is 0 Å². The first-order chi connectivity index (χ1) is 8.29. The van der Waals surface area contributed by atoms with Gasteiger partial charge in [0.05, 0.1) is 5.69 Å². The Hall–Kier alpha value is -1.64. The topological polar surface area (TPSA) is 127 Å². The van der Waals surface area contributed by atoms with Gasteiger partial charge in [-0.3, -0.25) is 9.35 Å². The first-order valence-corrected chi connectivity index (χ1v) is 6.66. The third-order valence-electron chi connectivity index (χ3n) is 2.71. The van der Waals surface area contributed by atoms with Gasteiger partial charge in [-0.05, 0) is 18.2 Å². The lowest BCUT2D eigenvalue weighted by Gasteiger charge is -2.19. The Balaban J connectivity index is 2.56. The van der Waals surface area contributed by atoms with Gasteiger partial charge in [0, 0.05) is 24.7 Å². The van der Waals surface area contributed by atoms with Crippen molar-refractivity contribution < 1.29 is 17.8 Å². The number of nitrogens with zero attached hydrogens (tertiary/aromatic N) is 1. The molecule has 1 heterocycles. The van der Waals surface area contributed by atoms with Crippen LogP contribution in [0.15, 0.2) is 23.1 Å². The van der Waals surface area contributed by atoms with E-state index in [1.807, 2.05) is 0 Å². The van der Waals surface area contributed by atoms with Gasteiger partial charge < -0.3 is 16.4 Å². The quantitative estimate of drug-likeness (QED) is 0.495. The van der Waals surface area contributed by atoms with Gasteiger partial charge >= 0.3 is 0 Å². The van der Waals surface area contributed by atoms with Crippen LogP contribution in [-0.4, -0.2) is 31.5 Å². The molecule has 5 N–H and O–H groups in total. The summed E-state index contributed by atoms with van der Waals surface area (Å²) in [5.41, 5.74) is 11.6. The zero-order valence-electron chi connectivity index (χ0n) is 9.41. The fraction of sp³-hybridized carbons (Fsp3) is 0.300. The van der Waals surface area contributed by atoms with E-state index < -0.39 is 10.1 Å². The number of anilines is 2. The Morgan fingerprint density at radius 3 is 2.56 bits per heavy atom. The summed E-state index contributed by atoms with van der Waals surface area (Å²) in [6.45, 7) is 0.199. The van der Waals surface area contributed by atoms with E-state index in [-0.39, 0.29) is 35.5 Å². The molecular weight excluding hydrogens is 258 g/mol. The number of hydrogen-bond donors (Lipinski definition) is 3. The maximum absolute atomic E-state index is 11.7. The Kier molecular flexibility index (Phi) is 3.01. The highest BCUT2D eigenvalue weighted by Gasteiger charge is 2.31. The molecule has 2 rings (SSSR count). The van der Waals surface area contributed by atoms with Crippen LogP contribution in [0.4, 0.5) is 11.4 Å². The maximum Gasteiger partial charge on any atom is 0.296 e. The molecule has 0 spiro atoms. The summed E-state index contributed by atoms with van der Waals surface area (Å²) in [6.07, 6.45) is 0.139. The zero-order chi connectivity index (χ0) is 13.5. The highest BCUT2D eigenvalue weighted by molar-refractivity contribution is 7.86. The van der Waals surface area contributed by atoms with Crippen LogP contribution in [0.3, 0.4) is 0 Å². The smallest absolute Gasteiger partial charge is 0.296 e. The Morgan fingerprint density at radius 1 is 1.39 bits per heavy atom. The molecule has 1 atom stereocenters. The third-order valence-corrected chi connectivity index (χ3v) is 3.61. The van der Waals surface area contributed by atoms with Gasteiger partial charge in [0.15, 0.2) is 0 Å². The molecule has 0 radical (unpaired) electrons. The number of amides is 1. The van der Waals surface area contributed by atoms with Crippen LogP contribution in [0.1, 0.15) is 6.42 Å². The molecule has 7 nitrogen and oxygen atoms in total. The van der Waals surface area contributed by atoms with Crippen molar-refractivity contribution in [1.29, 1.82) is 0 Å². The van der Waals surface area contributed by atoms with Crippen LogP contribution in [0.25, 0.3) is 0 Å². The summed E-state index contributed by atoms with van der Waals surface area (Å²) >= 11 is 0. The highest BCUT2D eigenvalue weighted by atomic mass is 32.2. The van der Waals surface area contributed by atoms with E-state index in [4.69, 9.17) is 16.0 Å². The molecular formula is C10H13N3O4S. The summed E-state index contributed by atoms with van der Waals surface area (Å²) in [7, 11) is -4.42. The summed E-state index contributed by atoms with van der Waals surface area (Å²) in [5, 5.41) is 0. The van der Waals surface area contributed by atoms with Gasteiger partial charge in [-0.2, -0.15) is 8.42 Å². The van der Waals surface area contributed by atoms with E-state index in [1.165, 1.54) is 17.0 Å². The van der Waals surface area contributed by atoms with Crippen LogP contribution >= 0.6 is 0 Å². The third kappa shape index (κ3) is 2.30. The van der Waals surface area contributed by atoms with Crippen molar-refractivity contribution in [2.45, 2.75) is 17.4 Å². The van der Waals surface area contributed by atoms with Crippen molar-refractivity contribution >= 4 is 27.4 Å². The van der Waals surface area contributed by atoms with E-state index >= 15 is 0 Å². The van der Waals surface area contributed by atoms with Crippen molar-refractivity contribution in [1.82, 2.24) is 0 Å². The minimum Gasteiger partial charge on any atom is -0.399 e. The van der Waals surface area contributed by atoms with Crippen molar-refractivity contribution in [2.24, 2.45) is 5.73 Å². The Labute approximate surface area is 104 Å². The predicted molar refractivity (Wildman–Crippen MR) is 65.6 cm³/mol. The summed E-state index contributed by atoms with van der Waals surface area (Å²) in [4.78, 5) is 12.6. The van der Waals surface area contributed by atoms with Crippen LogP contribution in [0, 0.1) is 0 Å². The summed E-state index contributed by atoms with van der Waals surface area (Å²) in [6, 6.07) is 3.48. The van der Waals surface area contributed by atoms with Crippen molar-refractivity contribution in [2.75, 3.05) is 17.2 Å². The molecule has 1 unspecified atom stereocenters. The van der Waals surface area contributed by atoms with E-state index in [0.717, 1.165) is 6.07 Å². The second kappa shape index (κ2) is 4.23. The number of nitrogen functional groups attached to an aromatic ring is 1. The number of hydrogen-bond acceptors (Lipinski definition) is 5. The molecule has 1 aliphatic heterocycles. The summed E-state index contributed by atoms with van der Waals surface area (Å²) < 4.78 is 31.6. The molecule has 1 saturated heterocycles. The van der Waals surface area contributed by atoms with Crippen LogP contribution < -0.4 is 16.4 Å². The minimum atomic E-state index is -4.42. The molecule has 1 fully saturated rings. The Morgan fingerprint density at radius 2 is 2.06 bits per heavy atom. The second-order valence-electron chi connectivity index (χ2n) is 4.17. The highest BCUT2D eigenvalue weighted by Crippen LogP contribution is 2.30. The maximum atomic E-state index is 11.7. The monoisotopic (exact) mass is 271 g/mol. The minimum absolute atomic E-state index is 0.0652. The fourth-order valence-corrected chi connectivity index (χ4v) is 2.60. The van der Waals surface area contributed by atoms with E-state index in [1.54, 1.807) is 0 Å². The number of benzene rings is 1. The van der Waals surface area contributed by atoms with E-state index in [2.05, 4.69) is 0 Å². The predicted octanol–water partition coefficient (Wildman–Crippen LogP) is -0.421. The molecule has 0 bridgehead atoms. The Bertz CT molecular complexity index is 599. The lowest BCUT2D eigenvalue weighted by molar-refractivity contribution is -0.117. The SMILES string of the molecule is Nc1ccc(S(=O)(=O)O)c(N2CC(N)CC2=O)c1. The molecule has 0 aromatic heterocycles. The molecule has 1 aliphatic rings. The normalized spacial score (nSPS) is 20.4. The fourth-order valence-electron chi connectivity index (χ4n) is 1.93. The van der Waals surface area contributed by atoms with Crippen molar-refractivity contribution in [3.8, 4) is 0 Å². The zero-order valence-corrected chi connectivity index (χ0v) is 10.2. The molecule has 1 amide bonds. The molecule has 18 heavy (non-hydrogen) atoms. The first-order valence-electron chi connectivity index (χ1n) is 5.22. The lowest BCUT2D eigenvalue weighted by atomic mass is 10.2. The average Bonchev–Trinajstić information content (AvgIpc) is 2.55. The van der Waals surface area contributed by atoms with Gasteiger partial charge in [0.2, 0.25) is 5.91 Å². The number of carbonyl (C=O) groups is 1. The number of carbonyl (C=O) groups excluding carboxylic acids is 1. The molecule has 0 saturated carbocycles. The standard InChI is InChI=1S/C10H13N3O4S/c11-6-1-2-9(18(15,16)17)8(3-6)13-5-7(12)4-10(13)14/h1-3,7H,4-5,11-12H2,(H,15,16,17). The van der Waals surface area contributed by atoms with Crippen LogP contribution in [0.2, 0.25) is 0 Å². The average molecular weight is 271 g/mol. The van der Waals surface area contributed by atoms with Gasteiger partial charge in [0.1, 0.15) is 4.90 Å². The van der Waals surface area contributed by atoms with Gasteiger partial charge in [0.25, 0.3) is 10.1 Å². The van der Waals surface area contributed by atoms with Gasteiger partial charge in [-0.1, -0.05) is 0 Å². The van der Waals surface area contributed by atoms with E-state index in [0.29, 0.717) is 5.69 Å². The lowest BCUT2D eigenvalue weighted by Crippen LogP contribution is -2.29. The van der Waals surface area contributed by atoms with E-state index in [9.17, 15) is 13.2 Å². The molecule has 1 aromatic carbocycles. The molecule has 98 valence electrons. The van der Waals surface area contributed by atoms with Gasteiger partial charge in [-0.25, -0.2) is 0 Å². The molecule has 0 aliphatic carbocycles. The second-order valence-corrected chi connectivity index (χ2v) is 5.56. The summed E-state index contributed by atoms with van der Waals surface area (Å²) in [5.74, 6) is -0.294. The van der Waals surface area contributed by atoms with Crippen LogP contribution in [-0.2, 0) is 14.9 Å². The van der Waals surface area contributed by atoms with Crippen molar-refractivity contribution in [3.63, 3.8) is 0 Å². The van der Waals surface area contributed by atoms with Crippen LogP contribution in [0.5, 0.6) is 0 Å².